The molecule has 39 heavy (non-hydrogen) atoms. The first-order valence-electron chi connectivity index (χ1n) is 13.8. The van der Waals surface area contributed by atoms with Crippen molar-refractivity contribution < 1.29 is 9.90 Å². The van der Waals surface area contributed by atoms with E-state index in [0.29, 0.717) is 50.2 Å². The van der Waals surface area contributed by atoms with E-state index in [-0.39, 0.29) is 6.03 Å². The number of nitrogens with one attached hydrogen (secondary N) is 2. The smallest absolute Gasteiger partial charge is 0.319 e. The van der Waals surface area contributed by atoms with Crippen LogP contribution in [0.25, 0.3) is 21.6 Å². The van der Waals surface area contributed by atoms with Crippen LogP contribution < -0.4 is 5.32 Å². The molecule has 5 heterocycles. The fourth-order valence-corrected chi connectivity index (χ4v) is 7.72. The van der Waals surface area contributed by atoms with E-state index >= 15 is 0 Å². The van der Waals surface area contributed by atoms with Crippen molar-refractivity contribution in [1.29, 1.82) is 5.26 Å². The summed E-state index contributed by atoms with van der Waals surface area (Å²) in [4.78, 5) is 31.7. The Kier molecular flexibility index (Phi) is 6.95. The summed E-state index contributed by atoms with van der Waals surface area (Å²) in [5.41, 5.74) is 1.86. The number of nitriles is 1. The summed E-state index contributed by atoms with van der Waals surface area (Å²) >= 11 is 1.52. The number of urea groups is 1. The van der Waals surface area contributed by atoms with Crippen molar-refractivity contribution in [2.45, 2.75) is 43.7 Å². The molecule has 3 fully saturated rings. The van der Waals surface area contributed by atoms with Crippen molar-refractivity contribution in [3.63, 3.8) is 0 Å². The number of anilines is 1. The van der Waals surface area contributed by atoms with Crippen LogP contribution in [0.3, 0.4) is 0 Å². The Labute approximate surface area is 232 Å². The van der Waals surface area contributed by atoms with E-state index in [1.807, 2.05) is 12.4 Å². The van der Waals surface area contributed by atoms with Crippen LogP contribution in [-0.2, 0) is 5.60 Å². The van der Waals surface area contributed by atoms with Crippen LogP contribution in [-0.4, -0.2) is 93.7 Å². The fourth-order valence-electron chi connectivity index (χ4n) is 6.65. The maximum absolute atomic E-state index is 12.4. The first kappa shape index (κ1) is 26.0. The van der Waals surface area contributed by atoms with Crippen molar-refractivity contribution in [3.05, 3.63) is 29.5 Å². The topological polar surface area (TPSA) is 124 Å². The average Bonchev–Trinajstić information content (AvgIpc) is 3.71. The summed E-state index contributed by atoms with van der Waals surface area (Å²) < 4.78 is 0. The molecule has 2 saturated heterocycles. The van der Waals surface area contributed by atoms with Crippen LogP contribution in [0.4, 0.5) is 10.5 Å². The van der Waals surface area contributed by atoms with Gasteiger partial charge in [-0.3, -0.25) is 0 Å². The van der Waals surface area contributed by atoms with Gasteiger partial charge in [-0.2, -0.15) is 5.26 Å². The van der Waals surface area contributed by atoms with Gasteiger partial charge in [-0.1, -0.05) is 0 Å². The number of likely N-dealkylation sites (tertiary alicyclic amines) is 2. The molecule has 10 nitrogen and oxygen atoms in total. The molecule has 3 aromatic heterocycles. The third-order valence-corrected chi connectivity index (χ3v) is 9.96. The Hall–Kier alpha value is -3.20. The van der Waals surface area contributed by atoms with Gasteiger partial charge in [-0.25, -0.2) is 14.8 Å². The molecule has 1 saturated carbocycles. The minimum Gasteiger partial charge on any atom is -0.384 e. The number of rotatable bonds is 6. The number of pyridine rings is 1. The molecule has 1 aliphatic carbocycles. The fraction of sp³-hybridized carbons (Fsp3) is 0.571. The van der Waals surface area contributed by atoms with Crippen molar-refractivity contribution in [2.75, 3.05) is 52.1 Å². The Morgan fingerprint density at radius 1 is 1.26 bits per heavy atom. The standard InChI is InChI=1S/C28H36N8O2S/c1-34(2)27(37)36-10-5-28(38,6-11-36)23-15-32-26(39-23)22-14-31-25-21(4-8-30-25)24(22)33-20-12-18-16-35(9-3-7-29)17-19(18)13-20/h4,8,14-15,18-20,38H,3,5-6,9-13,16-17H2,1-2H3,(H2,30,31,33)/t18-,19+,20?. The highest BCUT2D eigenvalue weighted by Crippen LogP contribution is 2.44. The van der Waals surface area contributed by atoms with Gasteiger partial charge >= 0.3 is 6.03 Å². The molecule has 0 bridgehead atoms. The van der Waals surface area contributed by atoms with Gasteiger partial charge in [0.05, 0.1) is 22.2 Å². The second-order valence-corrected chi connectivity index (χ2v) is 12.5. The van der Waals surface area contributed by atoms with Crippen molar-refractivity contribution in [1.82, 2.24) is 29.7 Å². The molecule has 11 heteroatoms. The lowest BCUT2D eigenvalue weighted by Gasteiger charge is -2.38. The quantitative estimate of drug-likeness (QED) is 0.429. The molecule has 2 aliphatic heterocycles. The maximum Gasteiger partial charge on any atom is 0.319 e. The molecule has 0 spiro atoms. The molecule has 3 aromatic rings. The van der Waals surface area contributed by atoms with E-state index < -0.39 is 5.60 Å². The second kappa shape index (κ2) is 10.4. The summed E-state index contributed by atoms with van der Waals surface area (Å²) in [6.07, 6.45) is 9.41. The van der Waals surface area contributed by atoms with E-state index in [0.717, 1.165) is 64.6 Å². The van der Waals surface area contributed by atoms with Crippen molar-refractivity contribution >= 4 is 34.1 Å². The number of nitrogens with zero attached hydrogens (tertiary/aromatic N) is 6. The lowest BCUT2D eigenvalue weighted by molar-refractivity contribution is -0.0159. The Balaban J connectivity index is 1.20. The first-order chi connectivity index (χ1) is 18.8. The van der Waals surface area contributed by atoms with Gasteiger partial charge < -0.3 is 30.1 Å². The summed E-state index contributed by atoms with van der Waals surface area (Å²) in [6, 6.07) is 4.69. The van der Waals surface area contributed by atoms with E-state index in [4.69, 9.17) is 10.2 Å². The summed E-state index contributed by atoms with van der Waals surface area (Å²) in [5.74, 6) is 1.33. The summed E-state index contributed by atoms with van der Waals surface area (Å²) in [7, 11) is 3.51. The number of aromatic amines is 1. The highest BCUT2D eigenvalue weighted by atomic mass is 32.1. The van der Waals surface area contributed by atoms with Crippen LogP contribution in [0.15, 0.2) is 24.7 Å². The van der Waals surface area contributed by atoms with Crippen LogP contribution in [0.5, 0.6) is 0 Å². The van der Waals surface area contributed by atoms with Gasteiger partial charge in [0.25, 0.3) is 0 Å². The number of thiazole rings is 1. The number of aromatic nitrogens is 3. The monoisotopic (exact) mass is 548 g/mol. The van der Waals surface area contributed by atoms with Crippen LogP contribution in [0.2, 0.25) is 0 Å². The normalized spacial score (nSPS) is 24.6. The lowest BCUT2D eigenvalue weighted by Crippen LogP contribution is -2.48. The van der Waals surface area contributed by atoms with E-state index in [1.54, 1.807) is 30.1 Å². The number of carbonyl (C=O) groups excluding carboxylic acids is 1. The minimum atomic E-state index is -0.988. The molecule has 3 aliphatic rings. The van der Waals surface area contributed by atoms with E-state index in [1.165, 1.54) is 11.3 Å². The zero-order valence-electron chi connectivity index (χ0n) is 22.6. The van der Waals surface area contributed by atoms with E-state index in [9.17, 15) is 9.90 Å². The largest absolute Gasteiger partial charge is 0.384 e. The highest BCUT2D eigenvalue weighted by molar-refractivity contribution is 7.15. The van der Waals surface area contributed by atoms with Crippen molar-refractivity contribution in [3.8, 4) is 16.6 Å². The maximum atomic E-state index is 12.4. The van der Waals surface area contributed by atoms with E-state index in [2.05, 4.69) is 32.3 Å². The molecule has 2 amide bonds. The van der Waals surface area contributed by atoms with Gasteiger partial charge in [-0.05, 0) is 43.6 Å². The SMILES string of the molecule is CN(C)C(=O)N1CCC(O)(c2cnc(-c3cnc4[nH]ccc4c3NC3C[C@@H]4CN(CCC#N)C[C@@H]4C3)s2)CC1. The van der Waals surface area contributed by atoms with Gasteiger partial charge in [0.15, 0.2) is 0 Å². The van der Waals surface area contributed by atoms with Crippen LogP contribution in [0, 0.1) is 23.2 Å². The number of hydrogen-bond donors (Lipinski definition) is 3. The lowest BCUT2D eigenvalue weighted by atomic mass is 9.90. The number of fused-ring (bicyclic) bond motifs is 2. The zero-order valence-corrected chi connectivity index (χ0v) is 23.4. The predicted octanol–water partition coefficient (Wildman–Crippen LogP) is 3.69. The highest BCUT2D eigenvalue weighted by Gasteiger charge is 2.41. The number of H-pyrrole nitrogens is 1. The van der Waals surface area contributed by atoms with Crippen LogP contribution in [0.1, 0.15) is 37.0 Å². The third kappa shape index (κ3) is 4.97. The number of amides is 2. The Morgan fingerprint density at radius 2 is 2.00 bits per heavy atom. The summed E-state index contributed by atoms with van der Waals surface area (Å²) in [6.45, 7) is 4.08. The summed E-state index contributed by atoms with van der Waals surface area (Å²) in [5, 5.41) is 26.2. The molecule has 1 unspecified atom stereocenters. The number of piperidine rings is 1. The molecule has 0 aromatic carbocycles. The van der Waals surface area contributed by atoms with Gasteiger partial charge in [-0.15, -0.1) is 11.3 Å². The second-order valence-electron chi connectivity index (χ2n) is 11.5. The molecule has 206 valence electrons. The van der Waals surface area contributed by atoms with Gasteiger partial charge in [0, 0.05) is 83.3 Å². The minimum absolute atomic E-state index is 0.0189. The molecule has 3 N–H and O–H groups in total. The number of hydrogen-bond acceptors (Lipinski definition) is 8. The molecule has 3 atom stereocenters. The number of carbonyl (C=O) groups is 1. The van der Waals surface area contributed by atoms with Crippen LogP contribution >= 0.6 is 11.3 Å². The Bertz CT molecular complexity index is 1370. The van der Waals surface area contributed by atoms with Crippen molar-refractivity contribution in [2.24, 2.45) is 11.8 Å². The molecular formula is C28H36N8O2S. The third-order valence-electron chi connectivity index (χ3n) is 8.74. The average molecular weight is 549 g/mol. The predicted molar refractivity (Wildman–Crippen MR) is 151 cm³/mol. The van der Waals surface area contributed by atoms with Gasteiger partial charge in [0.2, 0.25) is 0 Å². The molecule has 6 rings (SSSR count). The number of aliphatic hydroxyl groups is 1. The van der Waals surface area contributed by atoms with Gasteiger partial charge in [0.1, 0.15) is 16.3 Å². The first-order valence-corrected chi connectivity index (χ1v) is 14.6. The molecule has 0 radical (unpaired) electrons. The Morgan fingerprint density at radius 3 is 2.69 bits per heavy atom. The molecular weight excluding hydrogens is 512 g/mol. The zero-order chi connectivity index (χ0) is 27.1.